The van der Waals surface area contributed by atoms with Gasteiger partial charge in [-0.15, -0.1) is 0 Å². The molecular weight excluding hydrogens is 234 g/mol. The van der Waals surface area contributed by atoms with Crippen LogP contribution in [0.5, 0.6) is 0 Å². The van der Waals surface area contributed by atoms with Gasteiger partial charge < -0.3 is 10.0 Å². The second-order valence-electron chi connectivity index (χ2n) is 5.32. The molecule has 0 radical (unpaired) electrons. The molecule has 1 aromatic heterocycles. The van der Waals surface area contributed by atoms with E-state index in [0.29, 0.717) is 0 Å². The molecule has 0 aliphatic carbocycles. The van der Waals surface area contributed by atoms with Crippen molar-refractivity contribution in [2.75, 3.05) is 31.6 Å². The number of nitrogens with zero attached hydrogens (tertiary/aromatic N) is 3. The number of thiazole rings is 1. The Balaban J connectivity index is 2.18. The van der Waals surface area contributed by atoms with Crippen LogP contribution < -0.4 is 4.90 Å². The van der Waals surface area contributed by atoms with E-state index in [1.165, 1.54) is 0 Å². The molecule has 1 saturated heterocycles. The molecule has 1 aliphatic heterocycles. The van der Waals surface area contributed by atoms with Gasteiger partial charge in [0.1, 0.15) is 0 Å². The monoisotopic (exact) mass is 255 g/mol. The van der Waals surface area contributed by atoms with Gasteiger partial charge in [0, 0.05) is 25.2 Å². The van der Waals surface area contributed by atoms with Crippen LogP contribution in [0.2, 0.25) is 0 Å². The standard InChI is InChI=1S/C12H21N3OS/c1-9-10(7-16)17-11(13-9)15-6-5-14(4)12(2,3)8-15/h16H,5-8H2,1-4H3. The lowest BCUT2D eigenvalue weighted by Crippen LogP contribution is -2.57. The van der Waals surface area contributed by atoms with Crippen molar-refractivity contribution in [2.45, 2.75) is 32.9 Å². The first kappa shape index (κ1) is 12.8. The highest BCUT2D eigenvalue weighted by Gasteiger charge is 2.32. The Kier molecular flexibility index (Phi) is 3.43. The summed E-state index contributed by atoms with van der Waals surface area (Å²) in [6.45, 7) is 9.63. The highest BCUT2D eigenvalue weighted by atomic mass is 32.1. The summed E-state index contributed by atoms with van der Waals surface area (Å²) in [7, 11) is 2.17. The van der Waals surface area contributed by atoms with E-state index in [2.05, 4.69) is 35.7 Å². The number of hydrogen-bond donors (Lipinski definition) is 1. The first-order valence-corrected chi connectivity index (χ1v) is 6.79. The van der Waals surface area contributed by atoms with Crippen LogP contribution in [0.4, 0.5) is 5.13 Å². The van der Waals surface area contributed by atoms with Gasteiger partial charge in [0.2, 0.25) is 0 Å². The van der Waals surface area contributed by atoms with Crippen LogP contribution in [0, 0.1) is 6.92 Å². The molecule has 4 nitrogen and oxygen atoms in total. The van der Waals surface area contributed by atoms with E-state index in [0.717, 1.165) is 35.3 Å². The molecule has 1 aliphatic rings. The van der Waals surface area contributed by atoms with Crippen molar-refractivity contribution in [3.05, 3.63) is 10.6 Å². The van der Waals surface area contributed by atoms with Gasteiger partial charge in [0.05, 0.1) is 17.2 Å². The van der Waals surface area contributed by atoms with Gasteiger partial charge in [-0.05, 0) is 27.8 Å². The molecule has 2 rings (SSSR count). The molecule has 0 saturated carbocycles. The molecule has 0 spiro atoms. The molecule has 5 heteroatoms. The number of aromatic nitrogens is 1. The summed E-state index contributed by atoms with van der Waals surface area (Å²) in [6, 6.07) is 0. The minimum atomic E-state index is 0.0979. The molecule has 0 amide bonds. The van der Waals surface area contributed by atoms with E-state index in [4.69, 9.17) is 0 Å². The van der Waals surface area contributed by atoms with Gasteiger partial charge >= 0.3 is 0 Å². The molecule has 0 atom stereocenters. The summed E-state index contributed by atoms with van der Waals surface area (Å²) in [6.07, 6.45) is 0. The highest BCUT2D eigenvalue weighted by molar-refractivity contribution is 7.15. The van der Waals surface area contributed by atoms with Gasteiger partial charge in [0.15, 0.2) is 5.13 Å². The lowest BCUT2D eigenvalue weighted by molar-refractivity contribution is 0.139. The molecule has 2 heterocycles. The third kappa shape index (κ3) is 2.46. The van der Waals surface area contributed by atoms with E-state index in [1.807, 2.05) is 6.92 Å². The van der Waals surface area contributed by atoms with Gasteiger partial charge in [-0.1, -0.05) is 11.3 Å². The molecule has 96 valence electrons. The van der Waals surface area contributed by atoms with E-state index in [9.17, 15) is 5.11 Å². The van der Waals surface area contributed by atoms with Crippen molar-refractivity contribution in [3.8, 4) is 0 Å². The first-order valence-electron chi connectivity index (χ1n) is 5.97. The van der Waals surface area contributed by atoms with E-state index < -0.39 is 0 Å². The van der Waals surface area contributed by atoms with Gasteiger partial charge in [-0.25, -0.2) is 4.98 Å². The maximum absolute atomic E-state index is 9.22. The van der Waals surface area contributed by atoms with Crippen LogP contribution in [0.1, 0.15) is 24.4 Å². The maximum Gasteiger partial charge on any atom is 0.185 e. The van der Waals surface area contributed by atoms with Crippen molar-refractivity contribution in [2.24, 2.45) is 0 Å². The summed E-state index contributed by atoms with van der Waals surface area (Å²) in [5.74, 6) is 0. The Morgan fingerprint density at radius 1 is 1.41 bits per heavy atom. The summed E-state index contributed by atoms with van der Waals surface area (Å²) in [5, 5.41) is 10.3. The molecule has 1 N–H and O–H groups in total. The highest BCUT2D eigenvalue weighted by Crippen LogP contribution is 2.30. The van der Waals surface area contributed by atoms with Crippen LogP contribution in [0.25, 0.3) is 0 Å². The van der Waals surface area contributed by atoms with E-state index >= 15 is 0 Å². The summed E-state index contributed by atoms with van der Waals surface area (Å²) in [4.78, 5) is 10.3. The Morgan fingerprint density at radius 3 is 2.65 bits per heavy atom. The smallest absolute Gasteiger partial charge is 0.185 e. The van der Waals surface area contributed by atoms with Gasteiger partial charge in [-0.2, -0.15) is 0 Å². The summed E-state index contributed by atoms with van der Waals surface area (Å²) >= 11 is 1.61. The van der Waals surface area contributed by atoms with Crippen LogP contribution >= 0.6 is 11.3 Å². The van der Waals surface area contributed by atoms with Crippen molar-refractivity contribution >= 4 is 16.5 Å². The van der Waals surface area contributed by atoms with Gasteiger partial charge in [-0.3, -0.25) is 4.90 Å². The zero-order valence-corrected chi connectivity index (χ0v) is 11.8. The number of rotatable bonds is 2. The fourth-order valence-corrected chi connectivity index (χ4v) is 3.04. The predicted octanol–water partition coefficient (Wildman–Crippen LogP) is 1.47. The minimum Gasteiger partial charge on any atom is -0.391 e. The third-order valence-electron chi connectivity index (χ3n) is 3.61. The zero-order valence-electron chi connectivity index (χ0n) is 11.0. The van der Waals surface area contributed by atoms with E-state index in [-0.39, 0.29) is 12.1 Å². The zero-order chi connectivity index (χ0) is 12.6. The lowest BCUT2D eigenvalue weighted by atomic mass is 10.0. The van der Waals surface area contributed by atoms with Crippen LogP contribution in [-0.2, 0) is 6.61 Å². The summed E-state index contributed by atoms with van der Waals surface area (Å²) in [5.41, 5.74) is 1.14. The first-order chi connectivity index (χ1) is 7.94. The molecule has 0 unspecified atom stereocenters. The van der Waals surface area contributed by atoms with E-state index in [1.54, 1.807) is 11.3 Å². The van der Waals surface area contributed by atoms with Crippen molar-refractivity contribution in [1.29, 1.82) is 0 Å². The number of hydrogen-bond acceptors (Lipinski definition) is 5. The van der Waals surface area contributed by atoms with Gasteiger partial charge in [0.25, 0.3) is 0 Å². The second kappa shape index (κ2) is 4.55. The number of anilines is 1. The topological polar surface area (TPSA) is 39.6 Å². The minimum absolute atomic E-state index is 0.0979. The fraction of sp³-hybridized carbons (Fsp3) is 0.750. The Morgan fingerprint density at radius 2 is 2.12 bits per heavy atom. The normalized spacial score (nSPS) is 20.9. The van der Waals surface area contributed by atoms with Crippen LogP contribution in [0.3, 0.4) is 0 Å². The Hall–Kier alpha value is -0.650. The third-order valence-corrected chi connectivity index (χ3v) is 4.81. The second-order valence-corrected chi connectivity index (χ2v) is 6.38. The Bertz CT molecular complexity index is 402. The molecule has 1 aromatic rings. The average molecular weight is 255 g/mol. The van der Waals surface area contributed by atoms with Crippen molar-refractivity contribution < 1.29 is 5.11 Å². The number of aryl methyl sites for hydroxylation is 1. The number of piperazine rings is 1. The van der Waals surface area contributed by atoms with Crippen LogP contribution in [-0.4, -0.2) is 47.2 Å². The van der Waals surface area contributed by atoms with Crippen LogP contribution in [0.15, 0.2) is 0 Å². The molecule has 1 fully saturated rings. The fourth-order valence-electron chi connectivity index (χ4n) is 2.10. The molecular formula is C12H21N3OS. The quantitative estimate of drug-likeness (QED) is 0.869. The predicted molar refractivity (Wildman–Crippen MR) is 71.7 cm³/mol. The van der Waals surface area contributed by atoms with Crippen molar-refractivity contribution in [3.63, 3.8) is 0 Å². The number of aliphatic hydroxyl groups is 1. The maximum atomic E-state index is 9.22. The molecule has 0 aromatic carbocycles. The molecule has 0 bridgehead atoms. The van der Waals surface area contributed by atoms with Crippen molar-refractivity contribution in [1.82, 2.24) is 9.88 Å². The number of aliphatic hydroxyl groups excluding tert-OH is 1. The number of likely N-dealkylation sites (N-methyl/N-ethyl adjacent to an activating group) is 1. The molecule has 17 heavy (non-hydrogen) atoms. The largest absolute Gasteiger partial charge is 0.391 e. The SMILES string of the molecule is Cc1nc(N2CCN(C)C(C)(C)C2)sc1CO. The Labute approximate surface area is 107 Å². The summed E-state index contributed by atoms with van der Waals surface area (Å²) < 4.78 is 0. The lowest BCUT2D eigenvalue weighted by Gasteiger charge is -2.45. The average Bonchev–Trinajstić information content (AvgIpc) is 2.63.